The lowest BCUT2D eigenvalue weighted by atomic mass is 9.78. The molecule has 0 bridgehead atoms. The second-order valence-corrected chi connectivity index (χ2v) is 11.4. The maximum atomic E-state index is 2.63. The molecule has 3 rings (SSSR count). The summed E-state index contributed by atoms with van der Waals surface area (Å²) in [7, 11) is -0.827. The monoisotopic (exact) mass is 230 g/mol. The van der Waals surface area contributed by atoms with Gasteiger partial charge in [0.1, 0.15) is 0 Å². The fourth-order valence-electron chi connectivity index (χ4n) is 3.97. The van der Waals surface area contributed by atoms with Gasteiger partial charge >= 0.3 is 0 Å². The van der Waals surface area contributed by atoms with Gasteiger partial charge in [-0.15, -0.1) is 0 Å². The van der Waals surface area contributed by atoms with E-state index in [1.54, 1.807) is 23.2 Å². The highest BCUT2D eigenvalue weighted by Crippen LogP contribution is 2.47. The van der Waals surface area contributed by atoms with E-state index < -0.39 is 8.07 Å². The third-order valence-electron chi connectivity index (χ3n) is 5.11. The Hall–Kier alpha value is -0.563. The van der Waals surface area contributed by atoms with Crippen molar-refractivity contribution in [2.45, 2.75) is 44.4 Å². The van der Waals surface area contributed by atoms with Crippen molar-refractivity contribution in [1.29, 1.82) is 0 Å². The molecule has 0 N–H and O–H groups in total. The number of rotatable bonds is 1. The largest absolute Gasteiger partial charge is 0.0691 e. The van der Waals surface area contributed by atoms with Gasteiger partial charge in [0.15, 0.2) is 0 Å². The van der Waals surface area contributed by atoms with Crippen LogP contribution < -0.4 is 0 Å². The molecule has 1 aromatic carbocycles. The highest BCUT2D eigenvalue weighted by molar-refractivity contribution is 6.79. The van der Waals surface area contributed by atoms with Crippen LogP contribution in [0.3, 0.4) is 0 Å². The molecule has 1 aliphatic heterocycles. The molecule has 1 heteroatoms. The van der Waals surface area contributed by atoms with Gasteiger partial charge in [-0.1, -0.05) is 55.9 Å². The zero-order valence-electron chi connectivity index (χ0n) is 10.5. The fraction of sp³-hybridized carbons (Fsp3) is 0.600. The second kappa shape index (κ2) is 3.73. The summed E-state index contributed by atoms with van der Waals surface area (Å²) in [6, 6.07) is 13.8. The first-order chi connectivity index (χ1) is 7.70. The van der Waals surface area contributed by atoms with E-state index >= 15 is 0 Å². The zero-order valence-corrected chi connectivity index (χ0v) is 11.5. The van der Waals surface area contributed by atoms with E-state index in [4.69, 9.17) is 0 Å². The van der Waals surface area contributed by atoms with Crippen LogP contribution in [0.15, 0.2) is 24.3 Å². The topological polar surface area (TPSA) is 0 Å². The predicted octanol–water partition coefficient (Wildman–Crippen LogP) is 4.13. The minimum Gasteiger partial charge on any atom is -0.0691 e. The van der Waals surface area contributed by atoms with Crippen molar-refractivity contribution in [3.63, 3.8) is 0 Å². The predicted molar refractivity (Wildman–Crippen MR) is 72.5 cm³/mol. The average Bonchev–Trinajstić information content (AvgIpc) is 2.62. The molecule has 0 saturated carbocycles. The van der Waals surface area contributed by atoms with Crippen LogP contribution in [0.5, 0.6) is 0 Å². The summed E-state index contributed by atoms with van der Waals surface area (Å²) in [5.41, 5.74) is 3.30. The molecular formula is C15H22Si. The molecule has 1 fully saturated rings. The van der Waals surface area contributed by atoms with Gasteiger partial charge in [0, 0.05) is 0 Å². The van der Waals surface area contributed by atoms with E-state index in [9.17, 15) is 0 Å². The van der Waals surface area contributed by atoms with E-state index in [2.05, 4.69) is 37.7 Å². The summed E-state index contributed by atoms with van der Waals surface area (Å²) >= 11 is 0. The third-order valence-corrected chi connectivity index (χ3v) is 9.84. The van der Waals surface area contributed by atoms with Gasteiger partial charge in [0.2, 0.25) is 0 Å². The van der Waals surface area contributed by atoms with E-state index in [-0.39, 0.29) is 0 Å². The third kappa shape index (κ3) is 1.66. The Morgan fingerprint density at radius 3 is 2.00 bits per heavy atom. The van der Waals surface area contributed by atoms with Crippen LogP contribution in [0.1, 0.15) is 18.1 Å². The van der Waals surface area contributed by atoms with Crippen molar-refractivity contribution >= 4 is 8.07 Å². The molecular weight excluding hydrogens is 208 g/mol. The van der Waals surface area contributed by atoms with E-state index in [1.807, 2.05) is 0 Å². The van der Waals surface area contributed by atoms with Gasteiger partial charge < -0.3 is 0 Å². The Bertz CT molecular complexity index is 363. The molecule has 0 aromatic heterocycles. The van der Waals surface area contributed by atoms with E-state index in [1.165, 1.54) is 18.9 Å². The summed E-state index contributed by atoms with van der Waals surface area (Å²) in [5, 5.41) is 0. The average molecular weight is 230 g/mol. The SMILES string of the molecule is CC[Si]1(C)C[C@H]2Cc3ccccc3C[C@@H]2C1. The van der Waals surface area contributed by atoms with Gasteiger partial charge in [-0.25, -0.2) is 0 Å². The maximum absolute atomic E-state index is 2.63. The lowest BCUT2D eigenvalue weighted by Crippen LogP contribution is -2.24. The lowest BCUT2D eigenvalue weighted by Gasteiger charge is -2.27. The molecule has 1 aliphatic carbocycles. The maximum Gasteiger partial charge on any atom is 0.0507 e. The Balaban J connectivity index is 1.86. The Kier molecular flexibility index (Phi) is 2.47. The van der Waals surface area contributed by atoms with Crippen LogP contribution in [-0.4, -0.2) is 8.07 Å². The van der Waals surface area contributed by atoms with Crippen molar-refractivity contribution in [2.75, 3.05) is 0 Å². The molecule has 86 valence electrons. The molecule has 0 unspecified atom stereocenters. The minimum atomic E-state index is -0.827. The molecule has 1 heterocycles. The molecule has 1 saturated heterocycles. The Morgan fingerprint density at radius 2 is 1.56 bits per heavy atom. The van der Waals surface area contributed by atoms with Crippen molar-refractivity contribution in [3.8, 4) is 0 Å². The van der Waals surface area contributed by atoms with Crippen LogP contribution >= 0.6 is 0 Å². The number of fused-ring (bicyclic) bond motifs is 2. The van der Waals surface area contributed by atoms with E-state index in [0.29, 0.717) is 0 Å². The van der Waals surface area contributed by atoms with Crippen LogP contribution in [0.4, 0.5) is 0 Å². The first kappa shape index (κ1) is 10.6. The Morgan fingerprint density at radius 1 is 1.06 bits per heavy atom. The smallest absolute Gasteiger partial charge is 0.0507 e. The standard InChI is InChI=1S/C15H22Si/c1-3-16(2)10-14-8-12-6-4-5-7-13(12)9-15(14)11-16/h4-7,14-15H,3,8-11H2,1-2H3/t14-,15-/m1/s1. The van der Waals surface area contributed by atoms with Crippen molar-refractivity contribution in [3.05, 3.63) is 35.4 Å². The number of hydrogen-bond acceptors (Lipinski definition) is 0. The first-order valence-corrected chi connectivity index (χ1v) is 9.89. The Labute approximate surface area is 100 Å². The van der Waals surface area contributed by atoms with Crippen LogP contribution in [0, 0.1) is 11.8 Å². The highest BCUT2D eigenvalue weighted by Gasteiger charge is 2.43. The number of hydrogen-bond donors (Lipinski definition) is 0. The number of benzene rings is 1. The van der Waals surface area contributed by atoms with Crippen molar-refractivity contribution in [2.24, 2.45) is 11.8 Å². The van der Waals surface area contributed by atoms with Crippen LogP contribution in [0.25, 0.3) is 0 Å². The first-order valence-electron chi connectivity index (χ1n) is 6.77. The molecule has 0 amide bonds. The molecule has 16 heavy (non-hydrogen) atoms. The van der Waals surface area contributed by atoms with Crippen molar-refractivity contribution in [1.82, 2.24) is 0 Å². The van der Waals surface area contributed by atoms with Crippen molar-refractivity contribution < 1.29 is 0 Å². The highest BCUT2D eigenvalue weighted by atomic mass is 28.3. The van der Waals surface area contributed by atoms with Gasteiger partial charge in [0.25, 0.3) is 0 Å². The molecule has 1 aromatic rings. The normalized spacial score (nSPS) is 30.9. The van der Waals surface area contributed by atoms with Gasteiger partial charge in [-0.2, -0.15) is 0 Å². The van der Waals surface area contributed by atoms with E-state index in [0.717, 1.165) is 11.8 Å². The summed E-state index contributed by atoms with van der Waals surface area (Å²) < 4.78 is 0. The molecule has 2 aliphatic rings. The summed E-state index contributed by atoms with van der Waals surface area (Å²) in [4.78, 5) is 0. The quantitative estimate of drug-likeness (QED) is 0.636. The second-order valence-electron chi connectivity index (χ2n) is 6.27. The van der Waals surface area contributed by atoms with Crippen LogP contribution in [-0.2, 0) is 12.8 Å². The fourth-order valence-corrected chi connectivity index (χ4v) is 8.20. The molecule has 2 atom stereocenters. The minimum absolute atomic E-state index is 0.827. The van der Waals surface area contributed by atoms with Gasteiger partial charge in [-0.3, -0.25) is 0 Å². The summed E-state index contributed by atoms with van der Waals surface area (Å²) in [6.07, 6.45) is 2.76. The zero-order chi connectivity index (χ0) is 11.2. The van der Waals surface area contributed by atoms with Gasteiger partial charge in [0.05, 0.1) is 8.07 Å². The molecule has 0 radical (unpaired) electrons. The summed E-state index contributed by atoms with van der Waals surface area (Å²) in [6.45, 7) is 5.06. The van der Waals surface area contributed by atoms with Crippen LogP contribution in [0.2, 0.25) is 24.7 Å². The molecule has 0 nitrogen and oxygen atoms in total. The molecule has 0 spiro atoms. The van der Waals surface area contributed by atoms with Gasteiger partial charge in [-0.05, 0) is 35.8 Å². The summed E-state index contributed by atoms with van der Waals surface area (Å²) in [5.74, 6) is 2.07. The lowest BCUT2D eigenvalue weighted by molar-refractivity contribution is 0.384.